The van der Waals surface area contributed by atoms with Gasteiger partial charge in [-0.05, 0) is 54.8 Å². The first-order chi connectivity index (χ1) is 10.5. The molecule has 0 spiro atoms. The number of allylic oxidation sites excluding steroid dienone is 1. The van der Waals surface area contributed by atoms with E-state index < -0.39 is 17.1 Å². The van der Waals surface area contributed by atoms with Crippen LogP contribution in [0.2, 0.25) is 0 Å². The van der Waals surface area contributed by atoms with Gasteiger partial charge in [-0.3, -0.25) is 4.79 Å². The van der Waals surface area contributed by atoms with Crippen molar-refractivity contribution < 1.29 is 15.0 Å². The smallest absolute Gasteiger partial charge is 0.138 e. The highest BCUT2D eigenvalue weighted by atomic mass is 16.3. The summed E-state index contributed by atoms with van der Waals surface area (Å²) in [6.07, 6.45) is 5.61. The fraction of sp³-hybridized carbons (Fsp3) is 0.850. The molecular weight excluding hydrogens is 288 g/mol. The Morgan fingerprint density at radius 3 is 2.43 bits per heavy atom. The number of fused-ring (bicyclic) bond motifs is 3. The van der Waals surface area contributed by atoms with E-state index in [2.05, 4.69) is 20.4 Å². The summed E-state index contributed by atoms with van der Waals surface area (Å²) in [5.41, 5.74) is -1.65. The number of aliphatic hydroxyl groups excluding tert-OH is 1. The highest BCUT2D eigenvalue weighted by Gasteiger charge is 2.66. The van der Waals surface area contributed by atoms with Crippen LogP contribution < -0.4 is 0 Å². The Balaban J connectivity index is 2.03. The van der Waals surface area contributed by atoms with E-state index in [1.165, 1.54) is 0 Å². The van der Waals surface area contributed by atoms with Crippen molar-refractivity contribution in [2.45, 2.75) is 77.9 Å². The second kappa shape index (κ2) is 4.92. The Hall–Kier alpha value is -0.670. The summed E-state index contributed by atoms with van der Waals surface area (Å²) in [5, 5.41) is 22.4. The van der Waals surface area contributed by atoms with Crippen molar-refractivity contribution in [2.75, 3.05) is 0 Å². The van der Waals surface area contributed by atoms with Crippen LogP contribution in [0.25, 0.3) is 0 Å². The topological polar surface area (TPSA) is 57.5 Å². The maximum Gasteiger partial charge on any atom is 0.138 e. The van der Waals surface area contributed by atoms with E-state index >= 15 is 0 Å². The SMILES string of the molecule is C=CC1(C)CCC2C3(C)CCC(=O)C(C)(C)C3CC(O)C2(O)C1. The largest absolute Gasteiger partial charge is 0.390 e. The molecule has 6 unspecified atom stereocenters. The molecule has 0 aromatic rings. The molecule has 2 N–H and O–H groups in total. The summed E-state index contributed by atoms with van der Waals surface area (Å²) in [6.45, 7) is 12.4. The predicted octanol–water partition coefficient (Wildman–Crippen LogP) is 3.49. The van der Waals surface area contributed by atoms with Gasteiger partial charge in [-0.2, -0.15) is 0 Å². The summed E-state index contributed by atoms with van der Waals surface area (Å²) >= 11 is 0. The lowest BCUT2D eigenvalue weighted by Crippen LogP contribution is -2.68. The number of ketones is 1. The molecule has 0 aromatic carbocycles. The Morgan fingerprint density at radius 2 is 1.83 bits per heavy atom. The second-order valence-electron chi connectivity index (χ2n) is 9.57. The Labute approximate surface area is 140 Å². The average molecular weight is 320 g/mol. The summed E-state index contributed by atoms with van der Waals surface area (Å²) in [7, 11) is 0. The van der Waals surface area contributed by atoms with Gasteiger partial charge in [0.05, 0.1) is 11.7 Å². The maximum absolute atomic E-state index is 12.5. The molecule has 3 heteroatoms. The van der Waals surface area contributed by atoms with Gasteiger partial charge in [-0.25, -0.2) is 0 Å². The van der Waals surface area contributed by atoms with Gasteiger partial charge < -0.3 is 10.2 Å². The maximum atomic E-state index is 12.5. The van der Waals surface area contributed by atoms with Gasteiger partial charge in [-0.1, -0.05) is 33.8 Å². The highest BCUT2D eigenvalue weighted by Crippen LogP contribution is 2.65. The first kappa shape index (κ1) is 17.2. The first-order valence-electron chi connectivity index (χ1n) is 9.07. The van der Waals surface area contributed by atoms with Crippen molar-refractivity contribution in [3.05, 3.63) is 12.7 Å². The van der Waals surface area contributed by atoms with Crippen molar-refractivity contribution in [1.82, 2.24) is 0 Å². The minimum Gasteiger partial charge on any atom is -0.390 e. The van der Waals surface area contributed by atoms with Crippen molar-refractivity contribution in [3.63, 3.8) is 0 Å². The van der Waals surface area contributed by atoms with E-state index in [0.717, 1.165) is 19.3 Å². The molecule has 3 fully saturated rings. The van der Waals surface area contributed by atoms with Gasteiger partial charge in [0.15, 0.2) is 0 Å². The molecule has 0 saturated heterocycles. The van der Waals surface area contributed by atoms with Crippen molar-refractivity contribution in [1.29, 1.82) is 0 Å². The Kier molecular flexibility index (Phi) is 3.67. The van der Waals surface area contributed by atoms with E-state index in [-0.39, 0.29) is 22.7 Å². The lowest BCUT2D eigenvalue weighted by atomic mass is 9.41. The van der Waals surface area contributed by atoms with Crippen LogP contribution in [0.1, 0.15) is 66.2 Å². The monoisotopic (exact) mass is 320 g/mol. The number of carbonyl (C=O) groups excluding carboxylic acids is 1. The van der Waals surface area contributed by atoms with Crippen molar-refractivity contribution >= 4 is 5.78 Å². The van der Waals surface area contributed by atoms with E-state index in [0.29, 0.717) is 25.0 Å². The third-order valence-corrected chi connectivity index (χ3v) is 7.90. The van der Waals surface area contributed by atoms with Crippen LogP contribution in [0.3, 0.4) is 0 Å². The number of carbonyl (C=O) groups is 1. The zero-order valence-electron chi connectivity index (χ0n) is 15.1. The van der Waals surface area contributed by atoms with Crippen LogP contribution in [-0.2, 0) is 4.79 Å². The predicted molar refractivity (Wildman–Crippen MR) is 90.8 cm³/mol. The Morgan fingerprint density at radius 1 is 1.17 bits per heavy atom. The van der Waals surface area contributed by atoms with Gasteiger partial charge in [0.2, 0.25) is 0 Å². The van der Waals surface area contributed by atoms with Crippen LogP contribution in [0, 0.1) is 28.1 Å². The van der Waals surface area contributed by atoms with Gasteiger partial charge in [-0.15, -0.1) is 6.58 Å². The lowest BCUT2D eigenvalue weighted by Gasteiger charge is -2.65. The lowest BCUT2D eigenvalue weighted by molar-refractivity contribution is -0.246. The molecule has 23 heavy (non-hydrogen) atoms. The zero-order chi connectivity index (χ0) is 17.3. The molecule has 0 radical (unpaired) electrons. The fourth-order valence-electron chi connectivity index (χ4n) is 6.31. The molecule has 6 atom stereocenters. The molecule has 0 aromatic heterocycles. The number of aliphatic hydroxyl groups is 2. The molecule has 3 rings (SSSR count). The molecule has 130 valence electrons. The molecular formula is C20H32O3. The van der Waals surface area contributed by atoms with E-state index in [1.807, 2.05) is 19.9 Å². The first-order valence-corrected chi connectivity index (χ1v) is 9.07. The normalized spacial score (nSPS) is 52.4. The van der Waals surface area contributed by atoms with Crippen molar-refractivity contribution in [2.24, 2.45) is 28.1 Å². The fourth-order valence-corrected chi connectivity index (χ4v) is 6.31. The number of rotatable bonds is 1. The van der Waals surface area contributed by atoms with E-state index in [9.17, 15) is 15.0 Å². The van der Waals surface area contributed by atoms with Gasteiger partial charge in [0.1, 0.15) is 5.78 Å². The number of Topliss-reactive ketones (excluding diaryl/α,β-unsaturated/α-hetero) is 1. The average Bonchev–Trinajstić information content (AvgIpc) is 2.47. The quantitative estimate of drug-likeness (QED) is 0.727. The zero-order valence-corrected chi connectivity index (χ0v) is 15.1. The minimum absolute atomic E-state index is 0.0594. The molecule has 0 heterocycles. The Bertz CT molecular complexity index is 539. The molecule has 3 nitrogen and oxygen atoms in total. The minimum atomic E-state index is -1.05. The van der Waals surface area contributed by atoms with Crippen LogP contribution in [0.15, 0.2) is 12.7 Å². The van der Waals surface area contributed by atoms with Crippen LogP contribution in [0.5, 0.6) is 0 Å². The van der Waals surface area contributed by atoms with Crippen LogP contribution >= 0.6 is 0 Å². The molecule has 3 saturated carbocycles. The molecule has 3 aliphatic rings. The molecule has 0 bridgehead atoms. The van der Waals surface area contributed by atoms with E-state index in [4.69, 9.17) is 0 Å². The van der Waals surface area contributed by atoms with Gasteiger partial charge in [0, 0.05) is 11.8 Å². The number of hydrogen-bond acceptors (Lipinski definition) is 3. The standard InChI is InChI=1S/C20H32O3/c1-6-18(4)9-7-13-19(5)10-8-15(21)17(2,3)14(19)11-16(22)20(13,23)12-18/h6,13-14,16,22-23H,1,7-12H2,2-5H3. The van der Waals surface area contributed by atoms with Crippen molar-refractivity contribution in [3.8, 4) is 0 Å². The third kappa shape index (κ3) is 2.19. The molecule has 0 aliphatic heterocycles. The van der Waals surface area contributed by atoms with Gasteiger partial charge in [0.25, 0.3) is 0 Å². The summed E-state index contributed by atoms with van der Waals surface area (Å²) < 4.78 is 0. The second-order valence-corrected chi connectivity index (χ2v) is 9.57. The summed E-state index contributed by atoms with van der Waals surface area (Å²) in [6, 6.07) is 0. The highest BCUT2D eigenvalue weighted by molar-refractivity contribution is 5.85. The van der Waals surface area contributed by atoms with E-state index in [1.54, 1.807) is 0 Å². The molecule has 0 amide bonds. The van der Waals surface area contributed by atoms with Crippen LogP contribution in [-0.4, -0.2) is 27.7 Å². The molecule has 3 aliphatic carbocycles. The number of hydrogen-bond donors (Lipinski definition) is 2. The third-order valence-electron chi connectivity index (χ3n) is 7.90. The van der Waals surface area contributed by atoms with Gasteiger partial charge >= 0.3 is 0 Å². The summed E-state index contributed by atoms with van der Waals surface area (Å²) in [5.74, 6) is 0.512. The summed E-state index contributed by atoms with van der Waals surface area (Å²) in [4.78, 5) is 12.5. The van der Waals surface area contributed by atoms with Crippen LogP contribution in [0.4, 0.5) is 0 Å².